The first-order valence-electron chi connectivity index (χ1n) is 3.13. The van der Waals surface area contributed by atoms with Gasteiger partial charge in [-0.2, -0.15) is 8.42 Å². The first-order chi connectivity index (χ1) is 5.72. The van der Waals surface area contributed by atoms with Gasteiger partial charge in [0.2, 0.25) is 10.3 Å². The molecule has 12 heavy (non-hydrogen) atoms. The summed E-state index contributed by atoms with van der Waals surface area (Å²) in [6.07, 6.45) is 0. The van der Waals surface area contributed by atoms with Crippen molar-refractivity contribution in [1.82, 2.24) is 0 Å². The average molecular weight is 179 g/mol. The molecule has 1 aromatic rings. The molecule has 0 spiro atoms. The Labute approximate surface area is 71.6 Å². The minimum atomic E-state index is -2.18. The van der Waals surface area contributed by atoms with E-state index in [1.165, 1.54) is 0 Å². The van der Waals surface area contributed by atoms with Gasteiger partial charge in [0.1, 0.15) is 0 Å². The smallest absolute Gasteiger partial charge is 0.214 e. The predicted octanol–water partition coefficient (Wildman–Crippen LogP) is 1.27. The standard InChI is InChI=1S/C8H5NO2S/c1-9-8-4-2-7(3-5-8)6-12(10)11/h2-6H. The SMILES string of the molecule is [C-]#[N+]c1ccc(C=S(=O)=O)cc1. The van der Waals surface area contributed by atoms with Gasteiger partial charge in [-0.25, -0.2) is 4.85 Å². The Balaban J connectivity index is 3.11. The monoisotopic (exact) mass is 179 g/mol. The van der Waals surface area contributed by atoms with Gasteiger partial charge in [-0.05, 0) is 5.56 Å². The highest BCUT2D eigenvalue weighted by atomic mass is 32.2. The predicted molar refractivity (Wildman–Crippen MR) is 46.8 cm³/mol. The van der Waals surface area contributed by atoms with Crippen LogP contribution in [0.25, 0.3) is 4.85 Å². The number of rotatable bonds is 1. The van der Waals surface area contributed by atoms with E-state index >= 15 is 0 Å². The molecule has 0 saturated carbocycles. The zero-order chi connectivity index (χ0) is 8.97. The highest BCUT2D eigenvalue weighted by Crippen LogP contribution is 2.10. The molecule has 0 aromatic heterocycles. The lowest BCUT2D eigenvalue weighted by Gasteiger charge is -1.89. The molecule has 1 rings (SSSR count). The third kappa shape index (κ3) is 2.22. The zero-order valence-electron chi connectivity index (χ0n) is 6.06. The lowest BCUT2D eigenvalue weighted by atomic mass is 10.2. The quantitative estimate of drug-likeness (QED) is 0.481. The molecule has 0 atom stereocenters. The highest BCUT2D eigenvalue weighted by Gasteiger charge is 1.89. The minimum Gasteiger partial charge on any atom is -0.238 e. The molecule has 0 amide bonds. The molecule has 0 heterocycles. The molecule has 0 saturated heterocycles. The molecule has 1 aromatic carbocycles. The summed E-state index contributed by atoms with van der Waals surface area (Å²) in [5.41, 5.74) is 1.08. The van der Waals surface area contributed by atoms with Crippen LogP contribution in [0, 0.1) is 6.57 Å². The van der Waals surface area contributed by atoms with E-state index in [4.69, 9.17) is 6.57 Å². The summed E-state index contributed by atoms with van der Waals surface area (Å²) in [6.45, 7) is 6.65. The van der Waals surface area contributed by atoms with E-state index in [1.807, 2.05) is 0 Å². The van der Waals surface area contributed by atoms with Gasteiger partial charge in [-0.3, -0.25) is 0 Å². The van der Waals surface area contributed by atoms with Crippen LogP contribution in [0.2, 0.25) is 0 Å². The van der Waals surface area contributed by atoms with Gasteiger partial charge in [0, 0.05) is 0 Å². The van der Waals surface area contributed by atoms with Crippen molar-refractivity contribution in [1.29, 1.82) is 0 Å². The summed E-state index contributed by atoms with van der Waals surface area (Å²) in [4.78, 5) is 3.17. The fourth-order valence-electron chi connectivity index (χ4n) is 0.739. The molecule has 60 valence electrons. The first-order valence-corrected chi connectivity index (χ1v) is 4.26. The molecule has 0 unspecified atom stereocenters. The Kier molecular flexibility index (Phi) is 2.62. The van der Waals surface area contributed by atoms with Crippen LogP contribution in [0.5, 0.6) is 0 Å². The van der Waals surface area contributed by atoms with Crippen molar-refractivity contribution in [2.24, 2.45) is 0 Å². The summed E-state index contributed by atoms with van der Waals surface area (Å²) >= 11 is 0. The van der Waals surface area contributed by atoms with Gasteiger partial charge >= 0.3 is 0 Å². The first kappa shape index (κ1) is 8.50. The Morgan fingerprint density at radius 3 is 2.25 bits per heavy atom. The normalized spacial score (nSPS) is 8.58. The zero-order valence-corrected chi connectivity index (χ0v) is 6.88. The van der Waals surface area contributed by atoms with Crippen molar-refractivity contribution >= 4 is 21.3 Å². The maximum absolute atomic E-state index is 10.2. The molecule has 0 aliphatic carbocycles. The summed E-state index contributed by atoms with van der Waals surface area (Å²) in [7, 11) is -2.18. The Morgan fingerprint density at radius 1 is 1.25 bits per heavy atom. The second-order valence-electron chi connectivity index (χ2n) is 2.08. The van der Waals surface area contributed by atoms with Gasteiger partial charge in [-0.15, -0.1) is 0 Å². The molecule has 0 radical (unpaired) electrons. The molecule has 4 heteroatoms. The number of nitrogens with zero attached hydrogens (tertiary/aromatic N) is 1. The maximum Gasteiger partial charge on any atom is 0.214 e. The van der Waals surface area contributed by atoms with Crippen LogP contribution < -0.4 is 0 Å². The Bertz CT molecular complexity index is 429. The van der Waals surface area contributed by atoms with Crippen LogP contribution in [-0.2, 0) is 10.3 Å². The Hall–Kier alpha value is -1.60. The van der Waals surface area contributed by atoms with Gasteiger partial charge in [-0.1, -0.05) is 24.3 Å². The Morgan fingerprint density at radius 2 is 1.83 bits per heavy atom. The van der Waals surface area contributed by atoms with Crippen LogP contribution >= 0.6 is 0 Å². The van der Waals surface area contributed by atoms with Crippen molar-refractivity contribution < 1.29 is 8.42 Å². The molecule has 3 nitrogen and oxygen atoms in total. The lowest BCUT2D eigenvalue weighted by molar-refractivity contribution is 0.627. The van der Waals surface area contributed by atoms with Crippen molar-refractivity contribution in [3.63, 3.8) is 0 Å². The third-order valence-electron chi connectivity index (χ3n) is 1.25. The van der Waals surface area contributed by atoms with Crippen molar-refractivity contribution in [2.45, 2.75) is 0 Å². The van der Waals surface area contributed by atoms with Gasteiger partial charge in [0.05, 0.1) is 11.9 Å². The topological polar surface area (TPSA) is 38.5 Å². The van der Waals surface area contributed by atoms with E-state index < -0.39 is 10.3 Å². The second-order valence-corrected chi connectivity index (χ2v) is 2.84. The van der Waals surface area contributed by atoms with E-state index in [-0.39, 0.29) is 0 Å². The van der Waals surface area contributed by atoms with Crippen LogP contribution in [0.15, 0.2) is 24.3 Å². The number of hydrogen-bond donors (Lipinski definition) is 0. The number of benzene rings is 1. The average Bonchev–Trinajstić information content (AvgIpc) is 2.05. The highest BCUT2D eigenvalue weighted by molar-refractivity contribution is 7.71. The minimum absolute atomic E-state index is 0.504. The van der Waals surface area contributed by atoms with E-state index in [0.29, 0.717) is 11.3 Å². The van der Waals surface area contributed by atoms with Gasteiger partial charge in [0.25, 0.3) is 0 Å². The molecule has 0 fully saturated rings. The molecular weight excluding hydrogens is 174 g/mol. The van der Waals surface area contributed by atoms with Crippen molar-refractivity contribution in [2.75, 3.05) is 0 Å². The van der Waals surface area contributed by atoms with Crippen molar-refractivity contribution in [3.8, 4) is 0 Å². The third-order valence-corrected chi connectivity index (χ3v) is 1.72. The molecule has 0 aliphatic rings. The van der Waals surface area contributed by atoms with E-state index in [9.17, 15) is 8.42 Å². The molecule has 0 aliphatic heterocycles. The summed E-state index contributed by atoms with van der Waals surface area (Å²) < 4.78 is 20.4. The van der Waals surface area contributed by atoms with Gasteiger partial charge in [0.15, 0.2) is 5.69 Å². The van der Waals surface area contributed by atoms with Crippen LogP contribution in [0.4, 0.5) is 5.69 Å². The fourth-order valence-corrected chi connectivity index (χ4v) is 1.12. The maximum atomic E-state index is 10.2. The fraction of sp³-hybridized carbons (Fsp3) is 0. The molecular formula is C8H5NO2S. The van der Waals surface area contributed by atoms with E-state index in [2.05, 4.69) is 4.85 Å². The number of hydrogen-bond acceptors (Lipinski definition) is 2. The summed E-state index contributed by atoms with van der Waals surface area (Å²) in [5.74, 6) is 0. The second kappa shape index (κ2) is 3.69. The van der Waals surface area contributed by atoms with Gasteiger partial charge < -0.3 is 0 Å². The van der Waals surface area contributed by atoms with Crippen LogP contribution in [-0.4, -0.2) is 13.8 Å². The van der Waals surface area contributed by atoms with Crippen LogP contribution in [0.3, 0.4) is 0 Å². The molecule has 0 N–H and O–H groups in total. The summed E-state index contributed by atoms with van der Waals surface area (Å²) in [5, 5.41) is 1.09. The van der Waals surface area contributed by atoms with Crippen molar-refractivity contribution in [3.05, 3.63) is 41.2 Å². The molecule has 0 bridgehead atoms. The largest absolute Gasteiger partial charge is 0.238 e. The van der Waals surface area contributed by atoms with E-state index in [1.54, 1.807) is 24.3 Å². The lowest BCUT2D eigenvalue weighted by Crippen LogP contribution is -1.78. The summed E-state index contributed by atoms with van der Waals surface area (Å²) in [6, 6.07) is 6.32. The van der Waals surface area contributed by atoms with E-state index in [0.717, 1.165) is 5.37 Å². The van der Waals surface area contributed by atoms with Crippen LogP contribution in [0.1, 0.15) is 5.56 Å².